The summed E-state index contributed by atoms with van der Waals surface area (Å²) in [6.45, 7) is 5.90. The van der Waals surface area contributed by atoms with Gasteiger partial charge in [-0.25, -0.2) is 9.97 Å². The van der Waals surface area contributed by atoms with Gasteiger partial charge in [-0.2, -0.15) is 0 Å². The molecule has 1 aliphatic heterocycles. The Morgan fingerprint density at radius 3 is 2.62 bits per heavy atom. The van der Waals surface area contributed by atoms with Crippen molar-refractivity contribution in [2.24, 2.45) is 5.92 Å². The van der Waals surface area contributed by atoms with E-state index in [4.69, 9.17) is 9.72 Å². The van der Waals surface area contributed by atoms with Crippen molar-refractivity contribution in [2.75, 3.05) is 29.9 Å². The summed E-state index contributed by atoms with van der Waals surface area (Å²) in [6, 6.07) is 15.6. The summed E-state index contributed by atoms with van der Waals surface area (Å²) in [7, 11) is 0. The molecule has 1 saturated heterocycles. The molecule has 0 unspecified atom stereocenters. The molecule has 1 aliphatic rings. The number of hydrogen-bond donors (Lipinski definition) is 1. The van der Waals surface area contributed by atoms with E-state index >= 15 is 0 Å². The number of benzene rings is 2. The number of fused-ring (bicyclic) bond motifs is 1. The second-order valence-electron chi connectivity index (χ2n) is 7.36. The Morgan fingerprint density at radius 2 is 1.86 bits per heavy atom. The first-order valence-corrected chi connectivity index (χ1v) is 10.2. The summed E-state index contributed by atoms with van der Waals surface area (Å²) < 4.78 is 5.79. The van der Waals surface area contributed by atoms with Crippen LogP contribution in [0, 0.1) is 12.8 Å². The van der Waals surface area contributed by atoms with Crippen LogP contribution in [0.1, 0.15) is 25.3 Å². The second kappa shape index (κ2) is 8.47. The van der Waals surface area contributed by atoms with Crippen molar-refractivity contribution in [2.45, 2.75) is 26.7 Å². The van der Waals surface area contributed by atoms with Crippen molar-refractivity contribution in [3.8, 4) is 5.88 Å². The minimum absolute atomic E-state index is 0.0516. The zero-order valence-electron chi connectivity index (χ0n) is 16.9. The van der Waals surface area contributed by atoms with Crippen LogP contribution >= 0.6 is 0 Å². The van der Waals surface area contributed by atoms with Crippen molar-refractivity contribution in [1.29, 1.82) is 0 Å². The van der Waals surface area contributed by atoms with E-state index < -0.39 is 0 Å². The van der Waals surface area contributed by atoms with Gasteiger partial charge in [-0.05, 0) is 50.5 Å². The van der Waals surface area contributed by atoms with E-state index in [0.29, 0.717) is 19.0 Å². The number of nitrogens with one attached hydrogen (secondary N) is 1. The number of para-hydroxylation sites is 3. The molecule has 0 saturated carbocycles. The molecule has 1 amide bonds. The van der Waals surface area contributed by atoms with Crippen molar-refractivity contribution in [3.05, 3.63) is 54.1 Å². The van der Waals surface area contributed by atoms with E-state index in [0.717, 1.165) is 47.5 Å². The fourth-order valence-corrected chi connectivity index (χ4v) is 3.75. The van der Waals surface area contributed by atoms with Crippen LogP contribution in [0.4, 0.5) is 11.5 Å². The normalized spacial score (nSPS) is 16.6. The SMILES string of the molecule is CCOc1nc2ccccc2nc1N1CCC[C@@H](C(=O)Nc2ccccc2C)C1. The predicted octanol–water partition coefficient (Wildman–Crippen LogP) is 4.19. The lowest BCUT2D eigenvalue weighted by molar-refractivity contribution is -0.120. The largest absolute Gasteiger partial charge is 0.475 e. The molecule has 29 heavy (non-hydrogen) atoms. The predicted molar refractivity (Wildman–Crippen MR) is 115 cm³/mol. The topological polar surface area (TPSA) is 67.4 Å². The van der Waals surface area contributed by atoms with Crippen molar-refractivity contribution < 1.29 is 9.53 Å². The fourth-order valence-electron chi connectivity index (χ4n) is 3.75. The number of carbonyl (C=O) groups excluding carboxylic acids is 1. The Balaban J connectivity index is 1.57. The highest BCUT2D eigenvalue weighted by molar-refractivity contribution is 5.93. The van der Waals surface area contributed by atoms with Crippen LogP contribution in [0.2, 0.25) is 0 Å². The average Bonchev–Trinajstić information content (AvgIpc) is 2.75. The van der Waals surface area contributed by atoms with Gasteiger partial charge >= 0.3 is 0 Å². The maximum Gasteiger partial charge on any atom is 0.258 e. The summed E-state index contributed by atoms with van der Waals surface area (Å²) in [6.07, 6.45) is 1.78. The monoisotopic (exact) mass is 390 g/mol. The van der Waals surface area contributed by atoms with Gasteiger partial charge in [0.2, 0.25) is 5.91 Å². The van der Waals surface area contributed by atoms with Gasteiger partial charge in [0.15, 0.2) is 5.82 Å². The van der Waals surface area contributed by atoms with E-state index in [2.05, 4.69) is 15.2 Å². The van der Waals surface area contributed by atoms with E-state index in [1.165, 1.54) is 0 Å². The molecule has 1 N–H and O–H groups in total. The summed E-state index contributed by atoms with van der Waals surface area (Å²) in [5.41, 5.74) is 3.57. The molecule has 2 heterocycles. The van der Waals surface area contributed by atoms with Crippen molar-refractivity contribution in [3.63, 3.8) is 0 Å². The molecule has 0 aliphatic carbocycles. The van der Waals surface area contributed by atoms with Crippen LogP contribution in [0.3, 0.4) is 0 Å². The number of anilines is 2. The van der Waals surface area contributed by atoms with Crippen LogP contribution in [-0.4, -0.2) is 35.6 Å². The standard InChI is InChI=1S/C23H26N4O2/c1-3-29-23-21(24-19-12-6-7-13-20(19)26-23)27-14-8-10-17(15-27)22(28)25-18-11-5-4-9-16(18)2/h4-7,9,11-13,17H,3,8,10,14-15H2,1-2H3,(H,25,28)/t17-/m1/s1. The molecule has 1 aromatic heterocycles. The smallest absolute Gasteiger partial charge is 0.258 e. The highest BCUT2D eigenvalue weighted by atomic mass is 16.5. The highest BCUT2D eigenvalue weighted by Crippen LogP contribution is 2.31. The van der Waals surface area contributed by atoms with Gasteiger partial charge in [-0.15, -0.1) is 0 Å². The molecule has 6 nitrogen and oxygen atoms in total. The molecular weight excluding hydrogens is 364 g/mol. The van der Waals surface area contributed by atoms with E-state index in [1.807, 2.05) is 62.4 Å². The van der Waals surface area contributed by atoms with Gasteiger partial charge in [0.25, 0.3) is 5.88 Å². The van der Waals surface area contributed by atoms with Gasteiger partial charge in [0.1, 0.15) is 0 Å². The number of ether oxygens (including phenoxy) is 1. The summed E-state index contributed by atoms with van der Waals surface area (Å²) in [5.74, 6) is 1.20. The van der Waals surface area contributed by atoms with Crippen molar-refractivity contribution >= 4 is 28.4 Å². The lowest BCUT2D eigenvalue weighted by Crippen LogP contribution is -2.41. The van der Waals surface area contributed by atoms with Gasteiger partial charge in [0.05, 0.1) is 23.6 Å². The minimum atomic E-state index is -0.105. The average molecular weight is 390 g/mol. The maximum atomic E-state index is 12.9. The number of piperidine rings is 1. The van der Waals surface area contributed by atoms with Gasteiger partial charge in [-0.3, -0.25) is 4.79 Å². The summed E-state index contributed by atoms with van der Waals surface area (Å²) in [5, 5.41) is 3.09. The van der Waals surface area contributed by atoms with Gasteiger partial charge in [0, 0.05) is 18.8 Å². The lowest BCUT2D eigenvalue weighted by atomic mass is 9.97. The molecular formula is C23H26N4O2. The van der Waals surface area contributed by atoms with Gasteiger partial charge in [-0.1, -0.05) is 30.3 Å². The zero-order chi connectivity index (χ0) is 20.2. The number of carbonyl (C=O) groups is 1. The van der Waals surface area contributed by atoms with Crippen LogP contribution in [0.5, 0.6) is 5.88 Å². The number of aryl methyl sites for hydroxylation is 1. The Kier molecular flexibility index (Phi) is 5.60. The summed E-state index contributed by atoms with van der Waals surface area (Å²) >= 11 is 0. The van der Waals surface area contributed by atoms with Crippen molar-refractivity contribution in [1.82, 2.24) is 9.97 Å². The van der Waals surface area contributed by atoms with E-state index in [1.54, 1.807) is 0 Å². The Morgan fingerprint density at radius 1 is 1.14 bits per heavy atom. The maximum absolute atomic E-state index is 12.9. The number of aromatic nitrogens is 2. The van der Waals surface area contributed by atoms with Crippen LogP contribution in [0.25, 0.3) is 11.0 Å². The number of rotatable bonds is 5. The molecule has 150 valence electrons. The van der Waals surface area contributed by atoms with Crippen LogP contribution in [-0.2, 0) is 4.79 Å². The van der Waals surface area contributed by atoms with E-state index in [-0.39, 0.29) is 11.8 Å². The Bertz CT molecular complexity index is 1020. The molecule has 6 heteroatoms. The minimum Gasteiger partial charge on any atom is -0.475 e. The molecule has 1 atom stereocenters. The first kappa shape index (κ1) is 19.2. The molecule has 0 bridgehead atoms. The Labute approximate surface area is 170 Å². The van der Waals surface area contributed by atoms with E-state index in [9.17, 15) is 4.79 Å². The lowest BCUT2D eigenvalue weighted by Gasteiger charge is -2.33. The quantitative estimate of drug-likeness (QED) is 0.707. The zero-order valence-corrected chi connectivity index (χ0v) is 16.9. The molecule has 0 radical (unpaired) electrons. The van der Waals surface area contributed by atoms with Gasteiger partial charge < -0.3 is 15.0 Å². The second-order valence-corrected chi connectivity index (χ2v) is 7.36. The van der Waals surface area contributed by atoms with Crippen LogP contribution < -0.4 is 15.0 Å². The molecule has 4 rings (SSSR count). The van der Waals surface area contributed by atoms with Crippen LogP contribution in [0.15, 0.2) is 48.5 Å². The number of hydrogen-bond acceptors (Lipinski definition) is 5. The third kappa shape index (κ3) is 4.16. The number of amides is 1. The first-order valence-electron chi connectivity index (χ1n) is 10.2. The molecule has 2 aromatic carbocycles. The molecule has 1 fully saturated rings. The summed E-state index contributed by atoms with van der Waals surface area (Å²) in [4.78, 5) is 24.5. The highest BCUT2D eigenvalue weighted by Gasteiger charge is 2.29. The third-order valence-electron chi connectivity index (χ3n) is 5.30. The fraction of sp³-hybridized carbons (Fsp3) is 0.348. The molecule has 0 spiro atoms. The third-order valence-corrected chi connectivity index (χ3v) is 5.30. The first-order chi connectivity index (χ1) is 14.2. The molecule has 3 aromatic rings. The number of nitrogens with zero attached hydrogens (tertiary/aromatic N) is 3. The Hall–Kier alpha value is -3.15.